The lowest BCUT2D eigenvalue weighted by Crippen LogP contribution is -1.99. The van der Waals surface area contributed by atoms with Crippen LogP contribution in [0.4, 0.5) is 4.39 Å². The van der Waals surface area contributed by atoms with Gasteiger partial charge in [-0.1, -0.05) is 12.1 Å². The molecule has 5 heteroatoms. The van der Waals surface area contributed by atoms with E-state index in [0.717, 1.165) is 11.1 Å². The Hall–Kier alpha value is -1.62. The van der Waals surface area contributed by atoms with E-state index in [1.165, 1.54) is 12.1 Å². The third kappa shape index (κ3) is 3.04. The maximum absolute atomic E-state index is 12.9. The lowest BCUT2D eigenvalue weighted by molar-refractivity contribution is 0.298. The van der Waals surface area contributed by atoms with Crippen LogP contribution in [0, 0.1) is 5.82 Å². The van der Waals surface area contributed by atoms with Crippen LogP contribution in [0.2, 0.25) is 0 Å². The van der Waals surface area contributed by atoms with Crippen molar-refractivity contribution in [3.63, 3.8) is 0 Å². The molecule has 0 N–H and O–H groups in total. The first-order valence-corrected chi connectivity index (χ1v) is 6.58. The van der Waals surface area contributed by atoms with Gasteiger partial charge in [-0.25, -0.2) is 9.37 Å². The van der Waals surface area contributed by atoms with Gasteiger partial charge in [-0.3, -0.25) is 0 Å². The second-order valence-corrected chi connectivity index (χ2v) is 4.53. The molecule has 0 aliphatic heterocycles. The molecule has 0 atom stereocenters. The first-order chi connectivity index (χ1) is 9.15. The zero-order chi connectivity index (χ0) is 13.8. The molecule has 0 aliphatic rings. The summed E-state index contributed by atoms with van der Waals surface area (Å²) < 4.78 is 24.2. The fourth-order valence-corrected chi connectivity index (χ4v) is 2.18. The summed E-state index contributed by atoms with van der Waals surface area (Å²) in [5.74, 6) is 0.706. The van der Waals surface area contributed by atoms with E-state index in [1.807, 2.05) is 13.0 Å². The molecule has 3 nitrogen and oxygen atoms in total. The highest BCUT2D eigenvalue weighted by Gasteiger charge is 2.13. The predicted octanol–water partition coefficient (Wildman–Crippen LogP) is 4.06. The maximum atomic E-state index is 12.9. The second kappa shape index (κ2) is 6.02. The number of hydrogen-bond acceptors (Lipinski definition) is 3. The third-order valence-electron chi connectivity index (χ3n) is 2.56. The normalized spacial score (nSPS) is 10.3. The number of rotatable bonds is 4. The highest BCUT2D eigenvalue weighted by molar-refractivity contribution is 9.10. The molecule has 0 spiro atoms. The standard InChI is InChI=1S/C14H13BrFNO2/c1-3-19-14-12(18-2)8-11(13(15)17-14)9-4-6-10(16)7-5-9/h4-8H,3H2,1-2H3. The third-order valence-corrected chi connectivity index (χ3v) is 3.17. The summed E-state index contributed by atoms with van der Waals surface area (Å²) in [6.45, 7) is 2.38. The number of halogens is 2. The van der Waals surface area contributed by atoms with Gasteiger partial charge in [0.25, 0.3) is 5.88 Å². The number of methoxy groups -OCH3 is 1. The average molecular weight is 326 g/mol. The molecule has 100 valence electrons. The monoisotopic (exact) mass is 325 g/mol. The molecule has 1 aromatic heterocycles. The highest BCUT2D eigenvalue weighted by atomic mass is 79.9. The van der Waals surface area contributed by atoms with Gasteiger partial charge in [-0.05, 0) is 46.6 Å². The number of nitrogens with zero attached hydrogens (tertiary/aromatic N) is 1. The second-order valence-electron chi connectivity index (χ2n) is 3.77. The number of benzene rings is 1. The Morgan fingerprint density at radius 1 is 1.26 bits per heavy atom. The number of pyridine rings is 1. The Labute approximate surface area is 119 Å². The Balaban J connectivity index is 2.49. The highest BCUT2D eigenvalue weighted by Crippen LogP contribution is 2.35. The largest absolute Gasteiger partial charge is 0.491 e. The van der Waals surface area contributed by atoms with Crippen molar-refractivity contribution >= 4 is 15.9 Å². The van der Waals surface area contributed by atoms with Crippen molar-refractivity contribution in [1.29, 1.82) is 0 Å². The van der Waals surface area contributed by atoms with E-state index in [9.17, 15) is 4.39 Å². The Morgan fingerprint density at radius 3 is 2.53 bits per heavy atom. The Bertz CT molecular complexity index is 572. The molecule has 2 rings (SSSR count). The molecule has 0 unspecified atom stereocenters. The molecule has 0 bridgehead atoms. The molecular formula is C14H13BrFNO2. The summed E-state index contributed by atoms with van der Waals surface area (Å²) in [5, 5.41) is 0. The van der Waals surface area contributed by atoms with Crippen molar-refractivity contribution in [2.45, 2.75) is 6.92 Å². The van der Waals surface area contributed by atoms with Gasteiger partial charge in [0.05, 0.1) is 13.7 Å². The van der Waals surface area contributed by atoms with Crippen LogP contribution in [-0.4, -0.2) is 18.7 Å². The number of ether oxygens (including phenoxy) is 2. The van der Waals surface area contributed by atoms with Crippen LogP contribution in [0.1, 0.15) is 6.92 Å². The summed E-state index contributed by atoms with van der Waals surface area (Å²) in [4.78, 5) is 4.31. The van der Waals surface area contributed by atoms with Crippen LogP contribution in [0.5, 0.6) is 11.6 Å². The van der Waals surface area contributed by atoms with Gasteiger partial charge < -0.3 is 9.47 Å². The van der Waals surface area contributed by atoms with E-state index in [-0.39, 0.29) is 5.82 Å². The zero-order valence-electron chi connectivity index (χ0n) is 10.6. The molecule has 0 aliphatic carbocycles. The van der Waals surface area contributed by atoms with E-state index in [1.54, 1.807) is 19.2 Å². The molecule has 1 heterocycles. The molecule has 1 aromatic carbocycles. The van der Waals surface area contributed by atoms with Crippen LogP contribution in [0.15, 0.2) is 34.9 Å². The first kappa shape index (κ1) is 13.8. The number of aromatic nitrogens is 1. The average Bonchev–Trinajstić information content (AvgIpc) is 2.41. The molecule has 19 heavy (non-hydrogen) atoms. The minimum atomic E-state index is -0.272. The van der Waals surface area contributed by atoms with Gasteiger partial charge in [0.2, 0.25) is 0 Å². The topological polar surface area (TPSA) is 31.4 Å². The Morgan fingerprint density at radius 2 is 1.95 bits per heavy atom. The minimum absolute atomic E-state index is 0.272. The number of hydrogen-bond donors (Lipinski definition) is 0. The van der Waals surface area contributed by atoms with E-state index in [4.69, 9.17) is 9.47 Å². The van der Waals surface area contributed by atoms with Crippen LogP contribution in [-0.2, 0) is 0 Å². The fourth-order valence-electron chi connectivity index (χ4n) is 1.68. The van der Waals surface area contributed by atoms with Gasteiger partial charge in [0, 0.05) is 5.56 Å². The Kier molecular flexibility index (Phi) is 4.37. The van der Waals surface area contributed by atoms with Gasteiger partial charge >= 0.3 is 0 Å². The van der Waals surface area contributed by atoms with Crippen LogP contribution in [0.25, 0.3) is 11.1 Å². The fraction of sp³-hybridized carbons (Fsp3) is 0.214. The molecule has 0 saturated heterocycles. The lowest BCUT2D eigenvalue weighted by atomic mass is 10.1. The zero-order valence-corrected chi connectivity index (χ0v) is 12.2. The van der Waals surface area contributed by atoms with E-state index in [0.29, 0.717) is 22.8 Å². The first-order valence-electron chi connectivity index (χ1n) is 5.79. The van der Waals surface area contributed by atoms with E-state index >= 15 is 0 Å². The molecular weight excluding hydrogens is 313 g/mol. The van der Waals surface area contributed by atoms with Gasteiger partial charge in [-0.2, -0.15) is 0 Å². The van der Waals surface area contributed by atoms with Crippen molar-refractivity contribution in [2.24, 2.45) is 0 Å². The van der Waals surface area contributed by atoms with E-state index < -0.39 is 0 Å². The van der Waals surface area contributed by atoms with Crippen LogP contribution < -0.4 is 9.47 Å². The summed E-state index contributed by atoms with van der Waals surface area (Å²) in [7, 11) is 1.56. The van der Waals surface area contributed by atoms with Crippen LogP contribution in [0.3, 0.4) is 0 Å². The van der Waals surface area contributed by atoms with Crippen molar-refractivity contribution in [3.05, 3.63) is 40.8 Å². The summed E-state index contributed by atoms with van der Waals surface area (Å²) in [5.41, 5.74) is 1.67. The van der Waals surface area contributed by atoms with Crippen molar-refractivity contribution in [2.75, 3.05) is 13.7 Å². The molecule has 0 radical (unpaired) electrons. The van der Waals surface area contributed by atoms with Crippen molar-refractivity contribution in [1.82, 2.24) is 4.98 Å². The summed E-state index contributed by atoms with van der Waals surface area (Å²) >= 11 is 3.40. The minimum Gasteiger partial charge on any atom is -0.491 e. The van der Waals surface area contributed by atoms with E-state index in [2.05, 4.69) is 20.9 Å². The quantitative estimate of drug-likeness (QED) is 0.794. The molecule has 2 aromatic rings. The smallest absolute Gasteiger partial charge is 0.258 e. The lowest BCUT2D eigenvalue weighted by Gasteiger charge is -2.12. The maximum Gasteiger partial charge on any atom is 0.258 e. The van der Waals surface area contributed by atoms with Gasteiger partial charge in [0.15, 0.2) is 5.75 Å². The molecule has 0 amide bonds. The van der Waals surface area contributed by atoms with Crippen molar-refractivity contribution in [3.8, 4) is 22.8 Å². The van der Waals surface area contributed by atoms with Gasteiger partial charge in [0.1, 0.15) is 10.4 Å². The predicted molar refractivity (Wildman–Crippen MR) is 75.1 cm³/mol. The van der Waals surface area contributed by atoms with Gasteiger partial charge in [-0.15, -0.1) is 0 Å². The molecule has 0 fully saturated rings. The summed E-state index contributed by atoms with van der Waals surface area (Å²) in [6, 6.07) is 8.01. The summed E-state index contributed by atoms with van der Waals surface area (Å²) in [6.07, 6.45) is 0. The SMILES string of the molecule is CCOc1nc(Br)c(-c2ccc(F)cc2)cc1OC. The molecule has 0 saturated carbocycles. The van der Waals surface area contributed by atoms with Crippen molar-refractivity contribution < 1.29 is 13.9 Å². The van der Waals surface area contributed by atoms with Crippen LogP contribution >= 0.6 is 15.9 Å².